The summed E-state index contributed by atoms with van der Waals surface area (Å²) in [6, 6.07) is 0. The SMILES string of the molecule is C=C1C2CCC3C45CCCC(C)(C)C4C(OC(C)=O)C(O)(OC5=O)C3(C1OC(C)=O)C2O. The first kappa shape index (κ1) is 21.9. The molecule has 2 saturated heterocycles. The number of carbonyl (C=O) groups excluding carboxylic acids is 3. The van der Waals surface area contributed by atoms with E-state index in [0.717, 1.165) is 12.8 Å². The zero-order valence-electron chi connectivity index (χ0n) is 19.1. The van der Waals surface area contributed by atoms with Crippen molar-refractivity contribution in [2.45, 2.75) is 83.9 Å². The average molecular weight is 449 g/mol. The van der Waals surface area contributed by atoms with E-state index in [1.807, 2.05) is 13.8 Å². The maximum atomic E-state index is 13.6. The molecule has 6 rings (SSSR count). The molecule has 4 saturated carbocycles. The lowest BCUT2D eigenvalue weighted by molar-refractivity contribution is -0.434. The molecule has 0 amide bonds. The Morgan fingerprint density at radius 2 is 1.78 bits per heavy atom. The lowest BCUT2D eigenvalue weighted by atomic mass is 9.36. The van der Waals surface area contributed by atoms with Crippen LogP contribution in [-0.4, -0.2) is 52.2 Å². The number of ether oxygens (including phenoxy) is 3. The van der Waals surface area contributed by atoms with Crippen molar-refractivity contribution < 1.29 is 38.8 Å². The number of aliphatic hydroxyl groups is 2. The molecule has 4 bridgehead atoms. The number of aliphatic hydroxyl groups excluding tert-OH is 1. The number of hydrogen-bond acceptors (Lipinski definition) is 8. The van der Waals surface area contributed by atoms with Crippen molar-refractivity contribution in [3.05, 3.63) is 12.2 Å². The van der Waals surface area contributed by atoms with E-state index < -0.39 is 76.0 Å². The summed E-state index contributed by atoms with van der Waals surface area (Å²) >= 11 is 0. The second kappa shape index (κ2) is 6.35. The molecular weight excluding hydrogens is 416 g/mol. The van der Waals surface area contributed by atoms with Gasteiger partial charge in [-0.05, 0) is 42.6 Å². The molecule has 4 aliphatic carbocycles. The lowest BCUT2D eigenvalue weighted by Gasteiger charge is -2.73. The summed E-state index contributed by atoms with van der Waals surface area (Å²) < 4.78 is 17.3. The second-order valence-corrected chi connectivity index (χ2v) is 11.2. The summed E-state index contributed by atoms with van der Waals surface area (Å²) in [5, 5.41) is 23.9. The van der Waals surface area contributed by atoms with Gasteiger partial charge in [-0.2, -0.15) is 0 Å². The van der Waals surface area contributed by atoms with Gasteiger partial charge in [0.25, 0.3) is 5.79 Å². The van der Waals surface area contributed by atoms with Crippen molar-refractivity contribution in [2.24, 2.45) is 34.0 Å². The molecule has 176 valence electrons. The van der Waals surface area contributed by atoms with Crippen molar-refractivity contribution in [1.29, 1.82) is 0 Å². The molecule has 0 aromatic carbocycles. The van der Waals surface area contributed by atoms with Crippen molar-refractivity contribution >= 4 is 17.9 Å². The van der Waals surface area contributed by atoms with Gasteiger partial charge in [0.15, 0.2) is 6.10 Å². The van der Waals surface area contributed by atoms with Crippen LogP contribution < -0.4 is 0 Å². The van der Waals surface area contributed by atoms with Crippen LogP contribution in [0.4, 0.5) is 0 Å². The highest BCUT2D eigenvalue weighted by Gasteiger charge is 2.89. The van der Waals surface area contributed by atoms with Gasteiger partial charge >= 0.3 is 17.9 Å². The maximum absolute atomic E-state index is 13.6. The molecular formula is C24H32O8. The minimum atomic E-state index is -2.35. The molecule has 9 unspecified atom stereocenters. The molecule has 32 heavy (non-hydrogen) atoms. The lowest BCUT2D eigenvalue weighted by Crippen LogP contribution is -2.86. The van der Waals surface area contributed by atoms with Gasteiger partial charge in [0, 0.05) is 25.7 Å². The monoisotopic (exact) mass is 448 g/mol. The topological polar surface area (TPSA) is 119 Å². The standard InChI is InChI=1S/C24H32O8/c1-11-14-7-8-15-22-10-6-9-21(4,5)16(22)19(31-13(3)26)24(29,32-20(22)28)23(15,17(14)27)18(11)30-12(2)25/h14-19,27,29H,1,6-10H2,2-5H3. The predicted octanol–water partition coefficient (Wildman–Crippen LogP) is 1.86. The van der Waals surface area contributed by atoms with E-state index in [2.05, 4.69) is 6.58 Å². The fourth-order valence-electron chi connectivity index (χ4n) is 8.65. The number of carbonyl (C=O) groups is 3. The molecule has 0 aromatic heterocycles. The Labute approximate surface area is 187 Å². The molecule has 6 aliphatic rings. The van der Waals surface area contributed by atoms with Crippen molar-refractivity contribution in [3.63, 3.8) is 0 Å². The first-order valence-electron chi connectivity index (χ1n) is 11.5. The van der Waals surface area contributed by atoms with Crippen LogP contribution in [0.1, 0.15) is 59.8 Å². The Morgan fingerprint density at radius 3 is 2.41 bits per heavy atom. The minimum Gasteiger partial charge on any atom is -0.457 e. The summed E-state index contributed by atoms with van der Waals surface area (Å²) in [5.41, 5.74) is -2.53. The van der Waals surface area contributed by atoms with Crippen LogP contribution in [0.15, 0.2) is 12.2 Å². The zero-order valence-corrected chi connectivity index (χ0v) is 19.1. The van der Waals surface area contributed by atoms with Crippen molar-refractivity contribution in [2.75, 3.05) is 0 Å². The van der Waals surface area contributed by atoms with E-state index in [4.69, 9.17) is 14.2 Å². The third kappa shape index (κ3) is 2.18. The Kier molecular flexibility index (Phi) is 4.34. The molecule has 8 heteroatoms. The highest BCUT2D eigenvalue weighted by Crippen LogP contribution is 2.78. The summed E-state index contributed by atoms with van der Waals surface area (Å²) in [4.78, 5) is 38.0. The second-order valence-electron chi connectivity index (χ2n) is 11.2. The molecule has 2 heterocycles. The first-order chi connectivity index (χ1) is 14.9. The van der Waals surface area contributed by atoms with Gasteiger partial charge in [0.05, 0.1) is 11.5 Å². The number of rotatable bonds is 2. The van der Waals surface area contributed by atoms with Gasteiger partial charge in [-0.3, -0.25) is 14.4 Å². The Bertz CT molecular complexity index is 925. The molecule has 2 aliphatic heterocycles. The first-order valence-corrected chi connectivity index (χ1v) is 11.5. The molecule has 2 spiro atoms. The highest BCUT2D eigenvalue weighted by atomic mass is 16.7. The van der Waals surface area contributed by atoms with Crippen molar-refractivity contribution in [1.82, 2.24) is 0 Å². The van der Waals surface area contributed by atoms with E-state index in [9.17, 15) is 24.6 Å². The zero-order chi connectivity index (χ0) is 23.4. The normalized spacial score (nSPS) is 50.2. The smallest absolute Gasteiger partial charge is 0.315 e. The van der Waals surface area contributed by atoms with Gasteiger partial charge in [-0.25, -0.2) is 0 Å². The summed E-state index contributed by atoms with van der Waals surface area (Å²) in [5.74, 6) is -5.47. The fourth-order valence-corrected chi connectivity index (χ4v) is 8.65. The Morgan fingerprint density at radius 1 is 1.12 bits per heavy atom. The van der Waals surface area contributed by atoms with Gasteiger partial charge in [0.2, 0.25) is 0 Å². The number of fused-ring (bicyclic) bond motifs is 2. The summed E-state index contributed by atoms with van der Waals surface area (Å²) in [6.07, 6.45) is -0.224. The number of esters is 3. The van der Waals surface area contributed by atoms with Gasteiger partial charge < -0.3 is 24.4 Å². The van der Waals surface area contributed by atoms with Crippen molar-refractivity contribution in [3.8, 4) is 0 Å². The average Bonchev–Trinajstić information content (AvgIpc) is 2.78. The van der Waals surface area contributed by atoms with Crippen LogP contribution in [0, 0.1) is 34.0 Å². The van der Waals surface area contributed by atoms with E-state index >= 15 is 0 Å². The van der Waals surface area contributed by atoms with E-state index in [1.165, 1.54) is 13.8 Å². The molecule has 6 fully saturated rings. The van der Waals surface area contributed by atoms with Gasteiger partial charge in [-0.15, -0.1) is 0 Å². The van der Waals surface area contributed by atoms with Crippen LogP contribution in [0.25, 0.3) is 0 Å². The highest BCUT2D eigenvalue weighted by molar-refractivity contribution is 5.82. The van der Waals surface area contributed by atoms with Crippen LogP contribution in [0.5, 0.6) is 0 Å². The van der Waals surface area contributed by atoms with Crippen LogP contribution in [0.3, 0.4) is 0 Å². The molecule has 9 atom stereocenters. The van der Waals surface area contributed by atoms with Gasteiger partial charge in [0.1, 0.15) is 11.5 Å². The molecule has 0 radical (unpaired) electrons. The largest absolute Gasteiger partial charge is 0.457 e. The van der Waals surface area contributed by atoms with E-state index in [-0.39, 0.29) is 0 Å². The quantitative estimate of drug-likeness (QED) is 0.373. The molecule has 8 nitrogen and oxygen atoms in total. The fraction of sp³-hybridized carbons (Fsp3) is 0.792. The van der Waals surface area contributed by atoms with E-state index in [1.54, 1.807) is 0 Å². The Hall–Kier alpha value is -1.93. The van der Waals surface area contributed by atoms with Gasteiger partial charge in [-0.1, -0.05) is 26.8 Å². The molecule has 2 N–H and O–H groups in total. The van der Waals surface area contributed by atoms with Crippen LogP contribution >= 0.6 is 0 Å². The summed E-state index contributed by atoms with van der Waals surface area (Å²) in [6.45, 7) is 10.7. The minimum absolute atomic E-state index is 0.415. The Balaban J connectivity index is 1.82. The maximum Gasteiger partial charge on any atom is 0.315 e. The summed E-state index contributed by atoms with van der Waals surface area (Å²) in [7, 11) is 0. The third-order valence-electron chi connectivity index (χ3n) is 9.40. The van der Waals surface area contributed by atoms with Crippen LogP contribution in [0.2, 0.25) is 0 Å². The van der Waals surface area contributed by atoms with Crippen LogP contribution in [-0.2, 0) is 28.6 Å². The van der Waals surface area contributed by atoms with E-state index in [0.29, 0.717) is 24.8 Å². The number of hydrogen-bond donors (Lipinski definition) is 2. The molecule has 0 aromatic rings. The predicted molar refractivity (Wildman–Crippen MR) is 109 cm³/mol. The third-order valence-corrected chi connectivity index (χ3v) is 9.40.